The first-order valence-corrected chi connectivity index (χ1v) is 6.13. The minimum absolute atomic E-state index is 0.213. The summed E-state index contributed by atoms with van der Waals surface area (Å²) in [6, 6.07) is -0.903. The van der Waals surface area contributed by atoms with Gasteiger partial charge in [-0.25, -0.2) is 9.78 Å². The zero-order valence-corrected chi connectivity index (χ0v) is 10.5. The zero-order chi connectivity index (χ0) is 13.4. The van der Waals surface area contributed by atoms with Crippen LogP contribution in [-0.4, -0.2) is 33.0 Å². The number of aliphatic carboxylic acids is 1. The maximum Gasteiger partial charge on any atom is 0.326 e. The average Bonchev–Trinajstić information content (AvgIpc) is 2.81. The maximum absolute atomic E-state index is 11.6. The number of hydrogen-bond acceptors (Lipinski definition) is 3. The Morgan fingerprint density at radius 3 is 2.83 bits per heavy atom. The summed E-state index contributed by atoms with van der Waals surface area (Å²) in [4.78, 5) is 29.2. The lowest BCUT2D eigenvalue weighted by molar-refractivity contribution is -0.141. The summed E-state index contributed by atoms with van der Waals surface area (Å²) in [6.07, 6.45) is 6.43. The van der Waals surface area contributed by atoms with E-state index in [1.807, 2.05) is 0 Å². The van der Waals surface area contributed by atoms with E-state index in [1.165, 1.54) is 6.33 Å². The van der Waals surface area contributed by atoms with E-state index in [1.54, 1.807) is 6.20 Å². The van der Waals surface area contributed by atoms with Crippen molar-refractivity contribution in [2.24, 2.45) is 0 Å². The topological polar surface area (TPSA) is 95.1 Å². The van der Waals surface area contributed by atoms with Crippen LogP contribution < -0.4 is 5.32 Å². The Hall–Kier alpha value is -1.85. The van der Waals surface area contributed by atoms with E-state index in [9.17, 15) is 9.59 Å². The molecule has 3 N–H and O–H groups in total. The van der Waals surface area contributed by atoms with E-state index in [2.05, 4.69) is 22.2 Å². The molecule has 0 bridgehead atoms. The third kappa shape index (κ3) is 4.99. The first-order valence-electron chi connectivity index (χ1n) is 6.13. The van der Waals surface area contributed by atoms with E-state index in [0.29, 0.717) is 12.1 Å². The molecule has 100 valence electrons. The molecule has 0 radical (unpaired) electrons. The van der Waals surface area contributed by atoms with Crippen molar-refractivity contribution in [3.05, 3.63) is 18.2 Å². The molecule has 0 saturated heterocycles. The van der Waals surface area contributed by atoms with Crippen molar-refractivity contribution in [1.82, 2.24) is 15.3 Å². The van der Waals surface area contributed by atoms with Crippen LogP contribution >= 0.6 is 0 Å². The van der Waals surface area contributed by atoms with Gasteiger partial charge in [-0.15, -0.1) is 0 Å². The first kappa shape index (κ1) is 14.2. The number of carboxylic acid groups (broad SMARTS) is 1. The largest absolute Gasteiger partial charge is 0.480 e. The lowest BCUT2D eigenvalue weighted by atomic mass is 10.1. The van der Waals surface area contributed by atoms with Crippen molar-refractivity contribution in [2.45, 2.75) is 45.1 Å². The van der Waals surface area contributed by atoms with Gasteiger partial charge in [0.1, 0.15) is 6.04 Å². The van der Waals surface area contributed by atoms with E-state index in [4.69, 9.17) is 5.11 Å². The van der Waals surface area contributed by atoms with Gasteiger partial charge in [0.15, 0.2) is 0 Å². The number of aromatic amines is 1. The lowest BCUT2D eigenvalue weighted by Crippen LogP contribution is -2.42. The van der Waals surface area contributed by atoms with Crippen molar-refractivity contribution in [3.63, 3.8) is 0 Å². The molecule has 1 aromatic rings. The second kappa shape index (κ2) is 7.47. The summed E-state index contributed by atoms with van der Waals surface area (Å²) >= 11 is 0. The number of carbonyl (C=O) groups excluding carboxylic acids is 1. The smallest absolute Gasteiger partial charge is 0.326 e. The number of nitrogens with zero attached hydrogens (tertiary/aromatic N) is 1. The van der Waals surface area contributed by atoms with Crippen LogP contribution in [0.25, 0.3) is 0 Å². The highest BCUT2D eigenvalue weighted by atomic mass is 16.4. The van der Waals surface area contributed by atoms with Gasteiger partial charge in [-0.2, -0.15) is 0 Å². The van der Waals surface area contributed by atoms with E-state index in [0.717, 1.165) is 19.3 Å². The number of carboxylic acids is 1. The van der Waals surface area contributed by atoms with E-state index >= 15 is 0 Å². The van der Waals surface area contributed by atoms with E-state index < -0.39 is 12.0 Å². The van der Waals surface area contributed by atoms with Crippen LogP contribution in [0.15, 0.2) is 12.5 Å². The molecule has 0 fully saturated rings. The highest BCUT2D eigenvalue weighted by Crippen LogP contribution is 2.02. The molecule has 0 unspecified atom stereocenters. The molecule has 1 amide bonds. The summed E-state index contributed by atoms with van der Waals surface area (Å²) in [5, 5.41) is 11.6. The number of hydrogen-bond donors (Lipinski definition) is 3. The van der Waals surface area contributed by atoms with Crippen LogP contribution in [0.4, 0.5) is 0 Å². The predicted octanol–water partition coefficient (Wildman–Crippen LogP) is 1.10. The molecule has 0 aliphatic carbocycles. The van der Waals surface area contributed by atoms with Gasteiger partial charge >= 0.3 is 5.97 Å². The van der Waals surface area contributed by atoms with Gasteiger partial charge in [-0.1, -0.05) is 19.8 Å². The number of H-pyrrole nitrogens is 1. The molecular weight excluding hydrogens is 234 g/mol. The van der Waals surface area contributed by atoms with Gasteiger partial charge in [0.2, 0.25) is 5.91 Å². The molecule has 0 aromatic carbocycles. The summed E-state index contributed by atoms with van der Waals surface area (Å²) < 4.78 is 0. The zero-order valence-electron chi connectivity index (χ0n) is 10.5. The summed E-state index contributed by atoms with van der Waals surface area (Å²) in [6.45, 7) is 2.05. The number of imidazole rings is 1. The molecular formula is C12H19N3O3. The lowest BCUT2D eigenvalue weighted by Gasteiger charge is -2.13. The number of unbranched alkanes of at least 4 members (excludes halogenated alkanes) is 2. The normalized spacial score (nSPS) is 12.1. The Morgan fingerprint density at radius 2 is 2.28 bits per heavy atom. The summed E-state index contributed by atoms with van der Waals surface area (Å²) in [7, 11) is 0. The van der Waals surface area contributed by atoms with Crippen LogP contribution in [0.1, 0.15) is 38.3 Å². The van der Waals surface area contributed by atoms with Crippen molar-refractivity contribution in [2.75, 3.05) is 0 Å². The Morgan fingerprint density at radius 1 is 1.50 bits per heavy atom. The number of amides is 1. The quantitative estimate of drug-likeness (QED) is 0.605. The second-order valence-electron chi connectivity index (χ2n) is 4.20. The molecule has 0 saturated carbocycles. The molecule has 1 rings (SSSR count). The van der Waals surface area contributed by atoms with Crippen LogP contribution in [0.3, 0.4) is 0 Å². The summed E-state index contributed by atoms with van der Waals surface area (Å²) in [5.74, 6) is -1.25. The third-order valence-corrected chi connectivity index (χ3v) is 2.62. The van der Waals surface area contributed by atoms with Crippen molar-refractivity contribution < 1.29 is 14.7 Å². The van der Waals surface area contributed by atoms with Gasteiger partial charge in [0.25, 0.3) is 0 Å². The third-order valence-electron chi connectivity index (χ3n) is 2.62. The fraction of sp³-hybridized carbons (Fsp3) is 0.583. The van der Waals surface area contributed by atoms with Gasteiger partial charge in [-0.3, -0.25) is 4.79 Å². The molecule has 0 aliphatic heterocycles. The Kier molecular flexibility index (Phi) is 5.90. The second-order valence-corrected chi connectivity index (χ2v) is 4.20. The van der Waals surface area contributed by atoms with Crippen molar-refractivity contribution in [1.29, 1.82) is 0 Å². The van der Waals surface area contributed by atoms with Crippen molar-refractivity contribution in [3.8, 4) is 0 Å². The highest BCUT2D eigenvalue weighted by molar-refractivity contribution is 5.83. The minimum Gasteiger partial charge on any atom is -0.480 e. The van der Waals surface area contributed by atoms with Gasteiger partial charge in [-0.05, 0) is 6.42 Å². The molecule has 1 heterocycles. The molecule has 1 aromatic heterocycles. The number of carbonyl (C=O) groups is 2. The first-order chi connectivity index (χ1) is 8.63. The monoisotopic (exact) mass is 253 g/mol. The SMILES string of the molecule is CCCCCC(=O)N[C@H](Cc1cnc[nH]1)C(=O)O. The number of aromatic nitrogens is 2. The molecule has 0 spiro atoms. The molecule has 0 aliphatic rings. The van der Waals surface area contributed by atoms with Gasteiger partial charge in [0.05, 0.1) is 6.33 Å². The molecule has 6 nitrogen and oxygen atoms in total. The number of nitrogens with one attached hydrogen (secondary N) is 2. The Bertz CT molecular complexity index is 376. The maximum atomic E-state index is 11.6. The van der Waals surface area contributed by atoms with Crippen molar-refractivity contribution >= 4 is 11.9 Å². The highest BCUT2D eigenvalue weighted by Gasteiger charge is 2.20. The fourth-order valence-electron chi connectivity index (χ4n) is 1.62. The van der Waals surface area contributed by atoms with Gasteiger partial charge in [0, 0.05) is 24.7 Å². The molecule has 6 heteroatoms. The Labute approximate surface area is 106 Å². The average molecular weight is 253 g/mol. The number of rotatable bonds is 8. The Balaban J connectivity index is 2.42. The fourth-order valence-corrected chi connectivity index (χ4v) is 1.62. The van der Waals surface area contributed by atoms with Crippen LogP contribution in [0.2, 0.25) is 0 Å². The summed E-state index contributed by atoms with van der Waals surface area (Å²) in [5.41, 5.74) is 0.691. The van der Waals surface area contributed by atoms with E-state index in [-0.39, 0.29) is 12.3 Å². The van der Waals surface area contributed by atoms with Crippen LogP contribution in [-0.2, 0) is 16.0 Å². The van der Waals surface area contributed by atoms with Gasteiger partial charge < -0.3 is 15.4 Å². The van der Waals surface area contributed by atoms with Crippen LogP contribution in [0, 0.1) is 0 Å². The minimum atomic E-state index is -1.03. The predicted molar refractivity (Wildman–Crippen MR) is 66.0 cm³/mol. The molecule has 18 heavy (non-hydrogen) atoms. The molecule has 1 atom stereocenters. The standard InChI is InChI=1S/C12H19N3O3/c1-2-3-4-5-11(16)15-10(12(17)18)6-9-7-13-8-14-9/h7-8,10H,2-6H2,1H3,(H,13,14)(H,15,16)(H,17,18)/t10-/m1/s1. The van der Waals surface area contributed by atoms with Crippen LogP contribution in [0.5, 0.6) is 0 Å².